The van der Waals surface area contributed by atoms with E-state index in [2.05, 4.69) is 12.2 Å². The van der Waals surface area contributed by atoms with Gasteiger partial charge in [-0.15, -0.1) is 0 Å². The molecule has 16 heavy (non-hydrogen) atoms. The highest BCUT2D eigenvalue weighted by molar-refractivity contribution is 4.80. The van der Waals surface area contributed by atoms with Crippen molar-refractivity contribution in [3.63, 3.8) is 0 Å². The van der Waals surface area contributed by atoms with E-state index in [0.29, 0.717) is 12.0 Å². The molecule has 3 atom stereocenters. The van der Waals surface area contributed by atoms with Gasteiger partial charge in [-0.1, -0.05) is 19.8 Å². The number of aliphatic hydroxyl groups is 1. The summed E-state index contributed by atoms with van der Waals surface area (Å²) in [6.45, 7) is 5.22. The predicted molar refractivity (Wildman–Crippen MR) is 66.5 cm³/mol. The molecule has 0 amide bonds. The first-order valence-electron chi connectivity index (χ1n) is 6.52. The van der Waals surface area contributed by atoms with Crippen LogP contribution in [0.4, 0.5) is 0 Å². The lowest BCUT2D eigenvalue weighted by atomic mass is 9.88. The van der Waals surface area contributed by atoms with Crippen LogP contribution in [0.2, 0.25) is 0 Å². The Morgan fingerprint density at radius 2 is 2.06 bits per heavy atom. The number of rotatable bonds is 6. The molecule has 1 fully saturated rings. The van der Waals surface area contributed by atoms with Crippen LogP contribution in [0, 0.1) is 5.92 Å². The molecule has 1 rings (SSSR count). The average molecular weight is 229 g/mol. The summed E-state index contributed by atoms with van der Waals surface area (Å²) in [6.07, 6.45) is 6.46. The summed E-state index contributed by atoms with van der Waals surface area (Å²) in [5, 5.41) is 12.4. The Morgan fingerprint density at radius 1 is 1.38 bits per heavy atom. The fraction of sp³-hybridized carbons (Fsp3) is 1.00. The second-order valence-electron chi connectivity index (χ2n) is 5.39. The molecule has 96 valence electrons. The lowest BCUT2D eigenvalue weighted by Crippen LogP contribution is -2.44. The summed E-state index contributed by atoms with van der Waals surface area (Å²) < 4.78 is 5.94. The molecule has 0 aromatic heterocycles. The number of hydrogen-bond donors (Lipinski definition) is 2. The first-order valence-corrected chi connectivity index (χ1v) is 6.52. The van der Waals surface area contributed by atoms with Crippen molar-refractivity contribution in [3.8, 4) is 0 Å². The zero-order valence-electron chi connectivity index (χ0n) is 11.0. The van der Waals surface area contributed by atoms with Gasteiger partial charge < -0.3 is 15.2 Å². The van der Waals surface area contributed by atoms with Gasteiger partial charge in [0.2, 0.25) is 0 Å². The molecule has 3 nitrogen and oxygen atoms in total. The molecular weight excluding hydrogens is 202 g/mol. The molecule has 0 spiro atoms. The van der Waals surface area contributed by atoms with E-state index < -0.39 is 0 Å². The zero-order chi connectivity index (χ0) is 12.0. The van der Waals surface area contributed by atoms with Crippen molar-refractivity contribution in [2.24, 2.45) is 5.92 Å². The molecule has 3 unspecified atom stereocenters. The van der Waals surface area contributed by atoms with Crippen molar-refractivity contribution in [1.82, 2.24) is 5.32 Å². The van der Waals surface area contributed by atoms with Gasteiger partial charge in [0.05, 0.1) is 12.7 Å². The first kappa shape index (κ1) is 13.9. The van der Waals surface area contributed by atoms with Crippen LogP contribution in [0.15, 0.2) is 0 Å². The number of hydrogen-bond acceptors (Lipinski definition) is 3. The van der Waals surface area contributed by atoms with Crippen molar-refractivity contribution >= 4 is 0 Å². The quantitative estimate of drug-likeness (QED) is 0.731. The zero-order valence-corrected chi connectivity index (χ0v) is 11.0. The summed E-state index contributed by atoms with van der Waals surface area (Å²) in [4.78, 5) is 0. The van der Waals surface area contributed by atoms with Gasteiger partial charge in [0.15, 0.2) is 0 Å². The molecule has 0 saturated heterocycles. The highest BCUT2D eigenvalue weighted by Crippen LogP contribution is 2.26. The Labute approximate surface area is 99.6 Å². The molecule has 0 aliphatic heterocycles. The lowest BCUT2D eigenvalue weighted by molar-refractivity contribution is -0.0166. The van der Waals surface area contributed by atoms with Crippen molar-refractivity contribution in [1.29, 1.82) is 0 Å². The van der Waals surface area contributed by atoms with Crippen molar-refractivity contribution < 1.29 is 9.84 Å². The number of nitrogens with one attached hydrogen (secondary N) is 1. The minimum atomic E-state index is -0.197. The van der Waals surface area contributed by atoms with Crippen LogP contribution in [0.5, 0.6) is 0 Å². The number of likely N-dealkylation sites (N-methyl/N-ethyl adjacent to an activating group) is 1. The van der Waals surface area contributed by atoms with E-state index in [-0.39, 0.29) is 12.1 Å². The molecular formula is C13H27NO2. The maximum absolute atomic E-state index is 9.26. The van der Waals surface area contributed by atoms with Gasteiger partial charge in [0, 0.05) is 12.1 Å². The first-order chi connectivity index (χ1) is 7.61. The van der Waals surface area contributed by atoms with Crippen molar-refractivity contribution in [3.05, 3.63) is 0 Å². The molecule has 1 saturated carbocycles. The molecule has 0 aromatic rings. The van der Waals surface area contributed by atoms with Crippen LogP contribution in [-0.2, 0) is 4.74 Å². The fourth-order valence-corrected chi connectivity index (χ4v) is 2.25. The Kier molecular flexibility index (Phi) is 5.73. The Balaban J connectivity index is 2.23. The van der Waals surface area contributed by atoms with Crippen LogP contribution in [-0.4, -0.2) is 37.0 Å². The van der Waals surface area contributed by atoms with Gasteiger partial charge >= 0.3 is 0 Å². The van der Waals surface area contributed by atoms with Gasteiger partial charge in [-0.2, -0.15) is 0 Å². The van der Waals surface area contributed by atoms with Crippen molar-refractivity contribution in [2.45, 2.75) is 57.6 Å². The molecule has 1 aliphatic carbocycles. The smallest absolute Gasteiger partial charge is 0.0611 e. The highest BCUT2D eigenvalue weighted by Gasteiger charge is 2.24. The van der Waals surface area contributed by atoms with Gasteiger partial charge in [0.1, 0.15) is 0 Å². The largest absolute Gasteiger partial charge is 0.394 e. The number of aliphatic hydroxyl groups excluding tert-OH is 1. The second kappa shape index (κ2) is 6.58. The summed E-state index contributed by atoms with van der Waals surface area (Å²) in [5.74, 6) is 0.698. The Hall–Kier alpha value is -0.120. The van der Waals surface area contributed by atoms with Crippen LogP contribution >= 0.6 is 0 Å². The predicted octanol–water partition coefficient (Wildman–Crippen LogP) is 1.94. The normalized spacial score (nSPS) is 30.0. The van der Waals surface area contributed by atoms with Crippen LogP contribution < -0.4 is 5.32 Å². The third-order valence-corrected chi connectivity index (χ3v) is 3.97. The standard InChI is InChI=1S/C13H27NO2/c1-11-6-4-5-7-12(11)16-9-8-13(2,10-15)14-3/h11-12,14-15H,4-10H2,1-3H3. The minimum absolute atomic E-state index is 0.160. The van der Waals surface area contributed by atoms with Gasteiger partial charge in [0.25, 0.3) is 0 Å². The SMILES string of the molecule is CNC(C)(CO)CCOC1CCCCC1C. The molecule has 1 aliphatic rings. The van der Waals surface area contributed by atoms with Gasteiger partial charge in [-0.05, 0) is 39.2 Å². The topological polar surface area (TPSA) is 41.5 Å². The molecule has 0 aromatic carbocycles. The molecule has 2 N–H and O–H groups in total. The number of ether oxygens (including phenoxy) is 1. The maximum atomic E-state index is 9.26. The van der Waals surface area contributed by atoms with E-state index in [1.54, 1.807) is 0 Å². The molecule has 0 bridgehead atoms. The average Bonchev–Trinajstić information content (AvgIpc) is 2.31. The van der Waals surface area contributed by atoms with Gasteiger partial charge in [-0.25, -0.2) is 0 Å². The Bertz CT molecular complexity index is 192. The maximum Gasteiger partial charge on any atom is 0.0611 e. The molecule has 3 heteroatoms. The second-order valence-corrected chi connectivity index (χ2v) is 5.39. The summed E-state index contributed by atoms with van der Waals surface area (Å²) in [6, 6.07) is 0. The minimum Gasteiger partial charge on any atom is -0.394 e. The van der Waals surface area contributed by atoms with Crippen LogP contribution in [0.1, 0.15) is 46.0 Å². The lowest BCUT2D eigenvalue weighted by Gasteiger charge is -2.31. The van der Waals surface area contributed by atoms with E-state index in [9.17, 15) is 5.11 Å². The third-order valence-electron chi connectivity index (χ3n) is 3.97. The van der Waals surface area contributed by atoms with E-state index in [1.165, 1.54) is 25.7 Å². The van der Waals surface area contributed by atoms with E-state index in [0.717, 1.165) is 13.0 Å². The van der Waals surface area contributed by atoms with Crippen molar-refractivity contribution in [2.75, 3.05) is 20.3 Å². The van der Waals surface area contributed by atoms with E-state index >= 15 is 0 Å². The highest BCUT2D eigenvalue weighted by atomic mass is 16.5. The molecule has 0 heterocycles. The van der Waals surface area contributed by atoms with Crippen LogP contribution in [0.25, 0.3) is 0 Å². The van der Waals surface area contributed by atoms with E-state index in [4.69, 9.17) is 4.74 Å². The summed E-state index contributed by atoms with van der Waals surface area (Å²) >= 11 is 0. The van der Waals surface area contributed by atoms with Gasteiger partial charge in [-0.3, -0.25) is 0 Å². The molecule has 0 radical (unpaired) electrons. The Morgan fingerprint density at radius 3 is 2.62 bits per heavy atom. The third kappa shape index (κ3) is 4.04. The summed E-state index contributed by atoms with van der Waals surface area (Å²) in [7, 11) is 1.89. The fourth-order valence-electron chi connectivity index (χ4n) is 2.25. The summed E-state index contributed by atoms with van der Waals surface area (Å²) in [5.41, 5.74) is -0.197. The van der Waals surface area contributed by atoms with Crippen LogP contribution in [0.3, 0.4) is 0 Å². The monoisotopic (exact) mass is 229 g/mol. The van der Waals surface area contributed by atoms with E-state index in [1.807, 2.05) is 14.0 Å².